The lowest BCUT2D eigenvalue weighted by Crippen LogP contribution is -2.42. The Hall–Kier alpha value is -2.91. The largest absolute Gasteiger partial charge is 0.426 e. The average Bonchev–Trinajstić information content (AvgIpc) is 2.95. The molecule has 0 radical (unpaired) electrons. The maximum atomic E-state index is 13.3. The second kappa shape index (κ2) is 6.19. The average molecular weight is 330 g/mol. The Kier molecular flexibility index (Phi) is 3.86. The Morgan fingerprint density at radius 2 is 1.32 bits per heavy atom. The van der Waals surface area contributed by atoms with Crippen LogP contribution in [0.1, 0.15) is 11.1 Å². The highest BCUT2D eigenvalue weighted by Crippen LogP contribution is 2.49. The summed E-state index contributed by atoms with van der Waals surface area (Å²) >= 11 is 0. The molecule has 3 aromatic carbocycles. The van der Waals surface area contributed by atoms with E-state index < -0.39 is 5.41 Å². The number of methoxy groups -OCH3 is 1. The standard InChI is InChI=1S/C22H18O3/c1-24-15-22(21(23)25-16-9-3-2-4-10-16)19-13-7-5-11-17(19)18-12-6-8-14-20(18)22/h2-14H,15H2,1H3. The molecule has 0 saturated heterocycles. The lowest BCUT2D eigenvalue weighted by Gasteiger charge is -2.28. The number of hydrogen-bond acceptors (Lipinski definition) is 3. The summed E-state index contributed by atoms with van der Waals surface area (Å²) < 4.78 is 11.2. The van der Waals surface area contributed by atoms with E-state index in [1.165, 1.54) is 0 Å². The number of rotatable bonds is 4. The van der Waals surface area contributed by atoms with Gasteiger partial charge in [0.1, 0.15) is 11.2 Å². The molecule has 0 fully saturated rings. The van der Waals surface area contributed by atoms with Crippen LogP contribution in [0.2, 0.25) is 0 Å². The van der Waals surface area contributed by atoms with E-state index in [0.717, 1.165) is 22.3 Å². The highest BCUT2D eigenvalue weighted by Gasteiger charge is 2.50. The second-order valence-corrected chi connectivity index (χ2v) is 6.13. The zero-order valence-electron chi connectivity index (χ0n) is 13.9. The molecule has 0 N–H and O–H groups in total. The number of fused-ring (bicyclic) bond motifs is 3. The van der Waals surface area contributed by atoms with Crippen LogP contribution in [0.5, 0.6) is 5.75 Å². The van der Waals surface area contributed by atoms with E-state index >= 15 is 0 Å². The Morgan fingerprint density at radius 3 is 1.88 bits per heavy atom. The number of ether oxygens (including phenoxy) is 2. The van der Waals surface area contributed by atoms with E-state index in [0.29, 0.717) is 5.75 Å². The fraction of sp³-hybridized carbons (Fsp3) is 0.136. The normalized spacial score (nSPS) is 13.8. The third kappa shape index (κ3) is 2.36. The van der Waals surface area contributed by atoms with Crippen LogP contribution in [0.15, 0.2) is 78.9 Å². The minimum atomic E-state index is -0.961. The van der Waals surface area contributed by atoms with E-state index in [2.05, 4.69) is 0 Å². The van der Waals surface area contributed by atoms with Crippen LogP contribution in [0.4, 0.5) is 0 Å². The van der Waals surface area contributed by atoms with Gasteiger partial charge in [-0.3, -0.25) is 4.79 Å². The first-order valence-electron chi connectivity index (χ1n) is 8.23. The smallest absolute Gasteiger partial charge is 0.328 e. The lowest BCUT2D eigenvalue weighted by atomic mass is 9.79. The summed E-state index contributed by atoms with van der Waals surface area (Å²) in [6.45, 7) is 0.229. The zero-order chi connectivity index (χ0) is 17.3. The molecule has 25 heavy (non-hydrogen) atoms. The van der Waals surface area contributed by atoms with E-state index in [4.69, 9.17) is 9.47 Å². The van der Waals surface area contributed by atoms with Gasteiger partial charge in [0.05, 0.1) is 6.61 Å². The van der Waals surface area contributed by atoms with Gasteiger partial charge >= 0.3 is 5.97 Å². The highest BCUT2D eigenvalue weighted by atomic mass is 16.5. The van der Waals surface area contributed by atoms with Gasteiger partial charge in [-0.2, -0.15) is 0 Å². The van der Waals surface area contributed by atoms with Crippen LogP contribution in [-0.2, 0) is 14.9 Å². The molecule has 0 amide bonds. The van der Waals surface area contributed by atoms with Gasteiger partial charge < -0.3 is 9.47 Å². The number of carbonyl (C=O) groups excluding carboxylic acids is 1. The van der Waals surface area contributed by atoms with Crippen molar-refractivity contribution in [1.29, 1.82) is 0 Å². The maximum absolute atomic E-state index is 13.3. The van der Waals surface area contributed by atoms with Crippen LogP contribution in [0, 0.1) is 0 Å². The fourth-order valence-corrected chi connectivity index (χ4v) is 3.66. The van der Waals surface area contributed by atoms with Gasteiger partial charge in [0, 0.05) is 7.11 Å². The minimum Gasteiger partial charge on any atom is -0.426 e. The predicted octanol–water partition coefficient (Wildman–Crippen LogP) is 4.21. The summed E-state index contributed by atoms with van der Waals surface area (Å²) in [5.74, 6) is 0.211. The third-order valence-electron chi connectivity index (χ3n) is 4.73. The summed E-state index contributed by atoms with van der Waals surface area (Å²) in [4.78, 5) is 13.3. The summed E-state index contributed by atoms with van der Waals surface area (Å²) in [5, 5.41) is 0. The predicted molar refractivity (Wildman–Crippen MR) is 96.6 cm³/mol. The second-order valence-electron chi connectivity index (χ2n) is 6.13. The number of esters is 1. The molecular weight excluding hydrogens is 312 g/mol. The first-order chi connectivity index (χ1) is 12.3. The van der Waals surface area contributed by atoms with Crippen molar-refractivity contribution >= 4 is 5.97 Å². The first-order valence-corrected chi connectivity index (χ1v) is 8.23. The topological polar surface area (TPSA) is 35.5 Å². The van der Waals surface area contributed by atoms with Crippen molar-refractivity contribution in [3.8, 4) is 16.9 Å². The van der Waals surface area contributed by atoms with Crippen molar-refractivity contribution < 1.29 is 14.3 Å². The number of hydrogen-bond donors (Lipinski definition) is 0. The van der Waals surface area contributed by atoms with Crippen molar-refractivity contribution in [2.75, 3.05) is 13.7 Å². The molecule has 4 rings (SSSR count). The van der Waals surface area contributed by atoms with Gasteiger partial charge in [-0.05, 0) is 34.4 Å². The van der Waals surface area contributed by atoms with E-state index in [1.807, 2.05) is 66.7 Å². The molecular formula is C22H18O3. The third-order valence-corrected chi connectivity index (χ3v) is 4.73. The molecule has 0 aliphatic heterocycles. The SMILES string of the molecule is COCC1(C(=O)Oc2ccccc2)c2ccccc2-c2ccccc21. The molecule has 3 heteroatoms. The number of benzene rings is 3. The summed E-state index contributed by atoms with van der Waals surface area (Å²) in [5.41, 5.74) is 3.01. The molecule has 0 spiro atoms. The quantitative estimate of drug-likeness (QED) is 0.531. The molecule has 0 atom stereocenters. The lowest BCUT2D eigenvalue weighted by molar-refractivity contribution is -0.141. The van der Waals surface area contributed by atoms with Crippen molar-refractivity contribution in [2.45, 2.75) is 5.41 Å². The van der Waals surface area contributed by atoms with Crippen molar-refractivity contribution in [2.24, 2.45) is 0 Å². The van der Waals surface area contributed by atoms with Crippen LogP contribution >= 0.6 is 0 Å². The van der Waals surface area contributed by atoms with Gasteiger partial charge in [-0.15, -0.1) is 0 Å². The Bertz CT molecular complexity index is 870. The zero-order valence-corrected chi connectivity index (χ0v) is 13.9. The summed E-state index contributed by atoms with van der Waals surface area (Å²) in [6.07, 6.45) is 0. The van der Waals surface area contributed by atoms with E-state index in [-0.39, 0.29) is 12.6 Å². The van der Waals surface area contributed by atoms with Crippen molar-refractivity contribution in [1.82, 2.24) is 0 Å². The van der Waals surface area contributed by atoms with Gasteiger partial charge in [0.15, 0.2) is 0 Å². The Morgan fingerprint density at radius 1 is 0.800 bits per heavy atom. The van der Waals surface area contributed by atoms with Gasteiger partial charge in [-0.1, -0.05) is 66.7 Å². The molecule has 1 aliphatic rings. The molecule has 0 aromatic heterocycles. The fourth-order valence-electron chi connectivity index (χ4n) is 3.66. The van der Waals surface area contributed by atoms with Crippen LogP contribution in [0.25, 0.3) is 11.1 Å². The van der Waals surface area contributed by atoms with E-state index in [1.54, 1.807) is 19.2 Å². The molecule has 3 nitrogen and oxygen atoms in total. The van der Waals surface area contributed by atoms with Crippen molar-refractivity contribution in [3.63, 3.8) is 0 Å². The van der Waals surface area contributed by atoms with Crippen LogP contribution < -0.4 is 4.74 Å². The van der Waals surface area contributed by atoms with Crippen molar-refractivity contribution in [3.05, 3.63) is 90.0 Å². The maximum Gasteiger partial charge on any atom is 0.328 e. The van der Waals surface area contributed by atoms with Gasteiger partial charge in [0.2, 0.25) is 0 Å². The Labute approximate surface area is 146 Å². The monoisotopic (exact) mass is 330 g/mol. The molecule has 124 valence electrons. The first kappa shape index (κ1) is 15.6. The number of carbonyl (C=O) groups is 1. The van der Waals surface area contributed by atoms with Gasteiger partial charge in [0.25, 0.3) is 0 Å². The van der Waals surface area contributed by atoms with Crippen LogP contribution in [0.3, 0.4) is 0 Å². The molecule has 0 heterocycles. The molecule has 0 bridgehead atoms. The highest BCUT2D eigenvalue weighted by molar-refractivity contribution is 5.99. The minimum absolute atomic E-state index is 0.229. The molecule has 1 aliphatic carbocycles. The van der Waals surface area contributed by atoms with Gasteiger partial charge in [-0.25, -0.2) is 0 Å². The summed E-state index contributed by atoms with van der Waals surface area (Å²) in [7, 11) is 1.61. The Balaban J connectivity index is 1.89. The summed E-state index contributed by atoms with van der Waals surface area (Å²) in [6, 6.07) is 25.1. The molecule has 0 unspecified atom stereocenters. The molecule has 0 saturated carbocycles. The molecule has 3 aromatic rings. The van der Waals surface area contributed by atoms with Crippen LogP contribution in [-0.4, -0.2) is 19.7 Å². The number of para-hydroxylation sites is 1. The van der Waals surface area contributed by atoms with E-state index in [9.17, 15) is 4.79 Å².